The van der Waals surface area contributed by atoms with Crippen molar-refractivity contribution in [3.05, 3.63) is 123 Å². The van der Waals surface area contributed by atoms with Crippen LogP contribution in [0.1, 0.15) is 43.4 Å². The van der Waals surface area contributed by atoms with Crippen LogP contribution in [0.15, 0.2) is 95.6 Å². The lowest BCUT2D eigenvalue weighted by Gasteiger charge is -2.35. The lowest BCUT2D eigenvalue weighted by atomic mass is 9.63. The number of methoxy groups -OCH3 is 3. The number of para-hydroxylation sites is 1. The van der Waals surface area contributed by atoms with E-state index in [4.69, 9.17) is 14.2 Å². The smallest absolute Gasteiger partial charge is 0.238 e. The van der Waals surface area contributed by atoms with E-state index in [1.807, 2.05) is 65.7 Å². The molecule has 0 saturated carbocycles. The average molecular weight is 666 g/mol. The van der Waals surface area contributed by atoms with E-state index in [1.165, 1.54) is 21.3 Å². The first-order chi connectivity index (χ1) is 21.8. The number of ether oxygens (including phenoxy) is 3. The Morgan fingerprint density at radius 2 is 1.49 bits per heavy atom. The normalized spacial score (nSPS) is 22.4. The van der Waals surface area contributed by atoms with Crippen molar-refractivity contribution in [1.82, 2.24) is 4.90 Å². The summed E-state index contributed by atoms with van der Waals surface area (Å²) in [6.07, 6.45) is 3.79. The third-order valence-electron chi connectivity index (χ3n) is 9.20. The second-order valence-electron chi connectivity index (χ2n) is 11.2. The van der Waals surface area contributed by atoms with E-state index in [1.54, 1.807) is 36.4 Å². The SMILES string of the molecule is COc1cc(C(=O)[C@@H]2C3c4ccccc4C=CN3[C@H](C(=O)c3ccc(Br)cc3)[C@]23C(=O)Nc2ccccc23)cc(OC)c1OC. The van der Waals surface area contributed by atoms with E-state index in [2.05, 4.69) is 21.2 Å². The summed E-state index contributed by atoms with van der Waals surface area (Å²) in [4.78, 5) is 46.6. The second-order valence-corrected chi connectivity index (χ2v) is 12.2. The largest absolute Gasteiger partial charge is 0.493 e. The number of hydrogen-bond donors (Lipinski definition) is 1. The molecule has 0 aromatic heterocycles. The number of carbonyl (C=O) groups is 3. The van der Waals surface area contributed by atoms with Crippen LogP contribution in [0.4, 0.5) is 5.69 Å². The number of anilines is 1. The molecule has 8 nitrogen and oxygen atoms in total. The lowest BCUT2D eigenvalue weighted by Crippen LogP contribution is -2.54. The van der Waals surface area contributed by atoms with Crippen molar-refractivity contribution in [1.29, 1.82) is 0 Å². The van der Waals surface area contributed by atoms with Gasteiger partial charge in [-0.15, -0.1) is 0 Å². The first-order valence-electron chi connectivity index (χ1n) is 14.4. The Hall–Kier alpha value is -4.89. The Bertz CT molecular complexity index is 1880. The molecule has 1 fully saturated rings. The highest BCUT2D eigenvalue weighted by Gasteiger charge is 2.71. The van der Waals surface area contributed by atoms with Crippen LogP contribution in [0.2, 0.25) is 0 Å². The van der Waals surface area contributed by atoms with E-state index < -0.39 is 29.3 Å². The van der Waals surface area contributed by atoms with Gasteiger partial charge in [-0.3, -0.25) is 14.4 Å². The molecule has 1 amide bonds. The van der Waals surface area contributed by atoms with Crippen molar-refractivity contribution in [3.63, 3.8) is 0 Å². The minimum absolute atomic E-state index is 0.261. The summed E-state index contributed by atoms with van der Waals surface area (Å²) in [5.74, 6) is -1.03. The van der Waals surface area contributed by atoms with E-state index >= 15 is 4.79 Å². The van der Waals surface area contributed by atoms with Gasteiger partial charge in [0.15, 0.2) is 23.1 Å². The molecule has 226 valence electrons. The van der Waals surface area contributed by atoms with Crippen LogP contribution < -0.4 is 19.5 Å². The highest BCUT2D eigenvalue weighted by molar-refractivity contribution is 9.10. The number of amides is 1. The maximum atomic E-state index is 15.2. The number of Topliss-reactive ketones (excluding diaryl/α,β-unsaturated/α-hetero) is 2. The predicted octanol–water partition coefficient (Wildman–Crippen LogP) is 6.46. The van der Waals surface area contributed by atoms with Crippen molar-refractivity contribution in [3.8, 4) is 17.2 Å². The molecule has 1 N–H and O–H groups in total. The topological polar surface area (TPSA) is 94.2 Å². The van der Waals surface area contributed by atoms with Gasteiger partial charge in [0.05, 0.1) is 33.3 Å². The molecule has 4 aromatic carbocycles. The maximum Gasteiger partial charge on any atom is 0.238 e. The summed E-state index contributed by atoms with van der Waals surface area (Å²) < 4.78 is 17.5. The molecule has 9 heteroatoms. The van der Waals surface area contributed by atoms with Crippen molar-refractivity contribution < 1.29 is 28.6 Å². The molecule has 1 unspecified atom stereocenters. The van der Waals surface area contributed by atoms with Gasteiger partial charge in [0.1, 0.15) is 11.5 Å². The molecule has 1 spiro atoms. The molecule has 3 aliphatic rings. The molecule has 7 rings (SSSR count). The summed E-state index contributed by atoms with van der Waals surface area (Å²) in [5.41, 5.74) is 2.09. The molecule has 4 atom stereocenters. The quantitative estimate of drug-likeness (QED) is 0.227. The number of fused-ring (bicyclic) bond motifs is 5. The monoisotopic (exact) mass is 664 g/mol. The molecular weight excluding hydrogens is 636 g/mol. The molecule has 0 bridgehead atoms. The number of halogens is 1. The van der Waals surface area contributed by atoms with Gasteiger partial charge in [0.25, 0.3) is 0 Å². The van der Waals surface area contributed by atoms with Crippen LogP contribution >= 0.6 is 15.9 Å². The molecule has 3 aliphatic heterocycles. The van der Waals surface area contributed by atoms with E-state index in [-0.39, 0.29) is 17.1 Å². The summed E-state index contributed by atoms with van der Waals surface area (Å²) in [5, 5.41) is 3.04. The summed E-state index contributed by atoms with van der Waals surface area (Å²) in [7, 11) is 4.47. The third-order valence-corrected chi connectivity index (χ3v) is 9.73. The number of nitrogens with zero attached hydrogens (tertiary/aromatic N) is 1. The first kappa shape index (κ1) is 28.9. The van der Waals surface area contributed by atoms with Gasteiger partial charge >= 0.3 is 0 Å². The van der Waals surface area contributed by atoms with E-state index in [0.29, 0.717) is 34.1 Å². The van der Waals surface area contributed by atoms with Crippen LogP contribution in [0, 0.1) is 5.92 Å². The van der Waals surface area contributed by atoms with E-state index in [0.717, 1.165) is 15.6 Å². The van der Waals surface area contributed by atoms with Crippen molar-refractivity contribution in [2.24, 2.45) is 5.92 Å². The van der Waals surface area contributed by atoms with Crippen LogP contribution in [-0.2, 0) is 10.2 Å². The fourth-order valence-corrected chi connectivity index (χ4v) is 7.62. The molecule has 1 saturated heterocycles. The number of carbonyl (C=O) groups excluding carboxylic acids is 3. The number of rotatable bonds is 7. The number of hydrogen-bond acceptors (Lipinski definition) is 7. The molecule has 4 aromatic rings. The maximum absolute atomic E-state index is 15.2. The van der Waals surface area contributed by atoms with Gasteiger partial charge in [-0.2, -0.15) is 0 Å². The molecule has 0 radical (unpaired) electrons. The molecular formula is C36H29BrN2O6. The number of benzene rings is 4. The average Bonchev–Trinajstić information content (AvgIpc) is 3.55. The number of ketones is 2. The van der Waals surface area contributed by atoms with Crippen molar-refractivity contribution in [2.75, 3.05) is 26.6 Å². The highest BCUT2D eigenvalue weighted by Crippen LogP contribution is 2.61. The van der Waals surface area contributed by atoms with Crippen LogP contribution in [0.25, 0.3) is 6.08 Å². The minimum Gasteiger partial charge on any atom is -0.493 e. The Morgan fingerprint density at radius 1 is 0.822 bits per heavy atom. The van der Waals surface area contributed by atoms with Crippen molar-refractivity contribution >= 4 is 45.2 Å². The lowest BCUT2D eigenvalue weighted by molar-refractivity contribution is -0.122. The fraction of sp³-hybridized carbons (Fsp3) is 0.194. The van der Waals surface area contributed by atoms with Crippen LogP contribution in [-0.4, -0.2) is 49.7 Å². The Kier molecular flexibility index (Phi) is 7.00. The summed E-state index contributed by atoms with van der Waals surface area (Å²) in [6.45, 7) is 0. The van der Waals surface area contributed by atoms with Gasteiger partial charge in [0.2, 0.25) is 11.7 Å². The van der Waals surface area contributed by atoms with Gasteiger partial charge in [0, 0.05) is 27.5 Å². The number of nitrogens with one attached hydrogen (secondary N) is 1. The molecule has 0 aliphatic carbocycles. The second kappa shape index (κ2) is 10.9. The summed E-state index contributed by atoms with van der Waals surface area (Å²) in [6, 6.07) is 23.7. The van der Waals surface area contributed by atoms with Gasteiger partial charge < -0.3 is 24.4 Å². The van der Waals surface area contributed by atoms with Crippen LogP contribution in [0.3, 0.4) is 0 Å². The van der Waals surface area contributed by atoms with Gasteiger partial charge in [-0.05, 0) is 53.1 Å². The van der Waals surface area contributed by atoms with Crippen LogP contribution in [0.5, 0.6) is 17.2 Å². The summed E-state index contributed by atoms with van der Waals surface area (Å²) >= 11 is 3.46. The minimum atomic E-state index is -1.58. The Balaban J connectivity index is 1.53. The molecule has 45 heavy (non-hydrogen) atoms. The third kappa shape index (κ3) is 4.14. The van der Waals surface area contributed by atoms with Gasteiger partial charge in [-0.1, -0.05) is 70.5 Å². The zero-order chi connectivity index (χ0) is 31.5. The highest BCUT2D eigenvalue weighted by atomic mass is 79.9. The first-order valence-corrected chi connectivity index (χ1v) is 15.2. The predicted molar refractivity (Wildman–Crippen MR) is 173 cm³/mol. The Morgan fingerprint density at radius 3 is 2.18 bits per heavy atom. The fourth-order valence-electron chi connectivity index (χ4n) is 7.35. The standard InChI is InChI=1S/C36H29BrN2O6/c1-43-27-18-22(19-28(44-2)33(27)45-3)31(40)29-30-24-9-5-4-8-20(24)16-17-39(30)34(32(41)21-12-14-23(37)15-13-21)36(29)25-10-6-7-11-26(25)38-35(36)42/h4-19,29-30,34H,1-3H3,(H,38,42)/t29-,30?,34+,36+/m0/s1. The molecule has 3 heterocycles. The Labute approximate surface area is 268 Å². The van der Waals surface area contributed by atoms with Gasteiger partial charge in [-0.25, -0.2) is 0 Å². The van der Waals surface area contributed by atoms with E-state index in [9.17, 15) is 9.59 Å². The zero-order valence-electron chi connectivity index (χ0n) is 24.7. The zero-order valence-corrected chi connectivity index (χ0v) is 26.3. The van der Waals surface area contributed by atoms with Crippen molar-refractivity contribution in [2.45, 2.75) is 17.5 Å².